The molecule has 108 valence electrons. The Kier molecular flexibility index (Phi) is 4.78. The maximum atomic E-state index is 13.0. The van der Waals surface area contributed by atoms with Gasteiger partial charge in [-0.25, -0.2) is 4.39 Å². The van der Waals surface area contributed by atoms with Crippen LogP contribution in [0.1, 0.15) is 31.1 Å². The fraction of sp³-hybridized carbons (Fsp3) is 0.400. The number of nitrogens with zero attached hydrogens (tertiary/aromatic N) is 2. The highest BCUT2D eigenvalue weighted by atomic mass is 35.5. The monoisotopic (exact) mass is 295 g/mol. The third-order valence-corrected chi connectivity index (χ3v) is 3.51. The summed E-state index contributed by atoms with van der Waals surface area (Å²) >= 11 is 6.01. The van der Waals surface area contributed by atoms with Crippen LogP contribution in [0.5, 0.6) is 0 Å². The summed E-state index contributed by atoms with van der Waals surface area (Å²) in [6, 6.07) is 6.63. The quantitative estimate of drug-likeness (QED) is 0.919. The van der Waals surface area contributed by atoms with Crippen molar-refractivity contribution in [2.75, 3.05) is 0 Å². The molecule has 1 aromatic heterocycles. The van der Waals surface area contributed by atoms with Crippen LogP contribution >= 0.6 is 11.6 Å². The maximum absolute atomic E-state index is 13.0. The van der Waals surface area contributed by atoms with Crippen molar-refractivity contribution in [3.63, 3.8) is 0 Å². The lowest BCUT2D eigenvalue weighted by molar-refractivity contribution is 0.521. The molecule has 0 aliphatic carbocycles. The van der Waals surface area contributed by atoms with Crippen molar-refractivity contribution in [3.05, 3.63) is 52.6 Å². The first-order chi connectivity index (χ1) is 9.45. The second kappa shape index (κ2) is 6.37. The summed E-state index contributed by atoms with van der Waals surface area (Å²) < 4.78 is 14.9. The number of nitrogens with two attached hydrogens (primary N) is 1. The molecule has 0 fully saturated rings. The summed E-state index contributed by atoms with van der Waals surface area (Å²) in [5.74, 6) is -0.331. The Morgan fingerprint density at radius 3 is 2.65 bits per heavy atom. The van der Waals surface area contributed by atoms with Crippen LogP contribution in [0.25, 0.3) is 0 Å². The molecule has 1 heterocycles. The fourth-order valence-electron chi connectivity index (χ4n) is 2.08. The summed E-state index contributed by atoms with van der Waals surface area (Å²) in [5.41, 5.74) is 7.96. The van der Waals surface area contributed by atoms with Gasteiger partial charge >= 0.3 is 0 Å². The van der Waals surface area contributed by atoms with Crippen molar-refractivity contribution in [1.29, 1.82) is 0 Å². The van der Waals surface area contributed by atoms with E-state index in [1.54, 1.807) is 6.07 Å². The lowest BCUT2D eigenvalue weighted by Crippen LogP contribution is -2.26. The first kappa shape index (κ1) is 15.0. The largest absolute Gasteiger partial charge is 0.327 e. The van der Waals surface area contributed by atoms with Crippen molar-refractivity contribution < 1.29 is 4.39 Å². The van der Waals surface area contributed by atoms with Crippen LogP contribution in [0.4, 0.5) is 4.39 Å². The van der Waals surface area contributed by atoms with E-state index in [4.69, 9.17) is 17.3 Å². The number of rotatable bonds is 5. The third kappa shape index (κ3) is 3.81. The molecule has 1 aromatic carbocycles. The van der Waals surface area contributed by atoms with E-state index in [2.05, 4.69) is 18.9 Å². The van der Waals surface area contributed by atoms with E-state index in [9.17, 15) is 4.39 Å². The molecule has 0 aliphatic rings. The van der Waals surface area contributed by atoms with Gasteiger partial charge in [-0.15, -0.1) is 0 Å². The van der Waals surface area contributed by atoms with E-state index < -0.39 is 0 Å². The average molecular weight is 296 g/mol. The molecule has 2 N–H and O–H groups in total. The minimum Gasteiger partial charge on any atom is -0.327 e. The van der Waals surface area contributed by atoms with Crippen molar-refractivity contribution in [2.45, 2.75) is 38.8 Å². The van der Waals surface area contributed by atoms with Gasteiger partial charge in [0.05, 0.1) is 5.69 Å². The van der Waals surface area contributed by atoms with E-state index in [0.29, 0.717) is 23.9 Å². The Labute approximate surface area is 123 Å². The summed E-state index contributed by atoms with van der Waals surface area (Å²) in [6.45, 7) is 4.16. The van der Waals surface area contributed by atoms with Crippen LogP contribution in [0.15, 0.2) is 30.5 Å². The summed E-state index contributed by atoms with van der Waals surface area (Å²) in [5, 5.41) is 4.90. The Bertz CT molecular complexity index is 580. The highest BCUT2D eigenvalue weighted by Crippen LogP contribution is 2.19. The molecule has 0 bridgehead atoms. The molecule has 0 radical (unpaired) electrons. The molecule has 1 atom stereocenters. The van der Waals surface area contributed by atoms with E-state index in [1.165, 1.54) is 12.1 Å². The molecule has 2 rings (SSSR count). The second-order valence-electron chi connectivity index (χ2n) is 5.28. The van der Waals surface area contributed by atoms with Crippen molar-refractivity contribution in [2.24, 2.45) is 5.73 Å². The predicted octanol–water partition coefficient (Wildman–Crippen LogP) is 3.37. The van der Waals surface area contributed by atoms with Crippen molar-refractivity contribution in [3.8, 4) is 0 Å². The Hall–Kier alpha value is -1.39. The Morgan fingerprint density at radius 2 is 2.05 bits per heavy atom. The number of benzene rings is 1. The smallest absolute Gasteiger partial charge is 0.124 e. The number of hydrogen-bond donors (Lipinski definition) is 1. The van der Waals surface area contributed by atoms with Crippen LogP contribution in [-0.2, 0) is 12.8 Å². The normalized spacial score (nSPS) is 12.9. The van der Waals surface area contributed by atoms with Gasteiger partial charge in [-0.2, -0.15) is 5.10 Å². The molecule has 3 nitrogen and oxygen atoms in total. The van der Waals surface area contributed by atoms with Crippen LogP contribution in [0.2, 0.25) is 5.02 Å². The Balaban J connectivity index is 1.99. The minimum atomic E-state index is -0.331. The standard InChI is InChI=1S/C15H19ClFN3/c1-10(2)20-6-5-14(19-20)9-13(18)7-11-3-4-12(17)8-15(11)16/h3-6,8,10,13H,7,9,18H2,1-2H3. The van der Waals surface area contributed by atoms with E-state index in [-0.39, 0.29) is 11.9 Å². The molecule has 0 spiro atoms. The van der Waals surface area contributed by atoms with E-state index in [0.717, 1.165) is 11.3 Å². The van der Waals surface area contributed by atoms with E-state index >= 15 is 0 Å². The second-order valence-corrected chi connectivity index (χ2v) is 5.69. The highest BCUT2D eigenvalue weighted by molar-refractivity contribution is 6.31. The molecule has 5 heteroatoms. The van der Waals surface area contributed by atoms with Crippen molar-refractivity contribution >= 4 is 11.6 Å². The van der Waals surface area contributed by atoms with Gasteiger partial charge in [-0.1, -0.05) is 17.7 Å². The number of halogens is 2. The average Bonchev–Trinajstić information content (AvgIpc) is 2.81. The van der Waals surface area contributed by atoms with Crippen LogP contribution in [0.3, 0.4) is 0 Å². The summed E-state index contributed by atoms with van der Waals surface area (Å²) in [4.78, 5) is 0. The van der Waals surface area contributed by atoms with Crippen LogP contribution in [-0.4, -0.2) is 15.8 Å². The zero-order valence-electron chi connectivity index (χ0n) is 11.7. The van der Waals surface area contributed by atoms with Gasteiger partial charge in [0.1, 0.15) is 5.82 Å². The maximum Gasteiger partial charge on any atom is 0.124 e. The van der Waals surface area contributed by atoms with Gasteiger partial charge in [0.2, 0.25) is 0 Å². The first-order valence-electron chi connectivity index (χ1n) is 6.69. The van der Waals surface area contributed by atoms with Gasteiger partial charge in [0, 0.05) is 29.7 Å². The van der Waals surface area contributed by atoms with Crippen LogP contribution in [0, 0.1) is 5.82 Å². The molecule has 0 saturated heterocycles. The Morgan fingerprint density at radius 1 is 1.30 bits per heavy atom. The third-order valence-electron chi connectivity index (χ3n) is 3.16. The van der Waals surface area contributed by atoms with E-state index in [1.807, 2.05) is 16.9 Å². The number of aromatic nitrogens is 2. The molecule has 1 unspecified atom stereocenters. The topological polar surface area (TPSA) is 43.8 Å². The lowest BCUT2D eigenvalue weighted by atomic mass is 10.0. The minimum absolute atomic E-state index is 0.0894. The summed E-state index contributed by atoms with van der Waals surface area (Å²) in [6.07, 6.45) is 3.23. The molecule has 2 aromatic rings. The summed E-state index contributed by atoms with van der Waals surface area (Å²) in [7, 11) is 0. The fourth-order valence-corrected chi connectivity index (χ4v) is 2.33. The van der Waals surface area contributed by atoms with Gasteiger partial charge < -0.3 is 5.73 Å². The van der Waals surface area contributed by atoms with Gasteiger partial charge in [-0.3, -0.25) is 4.68 Å². The van der Waals surface area contributed by atoms with Gasteiger partial charge in [-0.05, 0) is 44.0 Å². The first-order valence-corrected chi connectivity index (χ1v) is 7.07. The van der Waals surface area contributed by atoms with Gasteiger partial charge in [0.25, 0.3) is 0 Å². The zero-order valence-corrected chi connectivity index (χ0v) is 12.4. The molecule has 0 amide bonds. The highest BCUT2D eigenvalue weighted by Gasteiger charge is 2.11. The lowest BCUT2D eigenvalue weighted by Gasteiger charge is -2.11. The SMILES string of the molecule is CC(C)n1ccc(CC(N)Cc2ccc(F)cc2Cl)n1. The molecule has 0 aliphatic heterocycles. The predicted molar refractivity (Wildman–Crippen MR) is 79.4 cm³/mol. The molecular weight excluding hydrogens is 277 g/mol. The van der Waals surface area contributed by atoms with Crippen molar-refractivity contribution in [1.82, 2.24) is 9.78 Å². The molecule has 20 heavy (non-hydrogen) atoms. The van der Waals surface area contributed by atoms with Crippen LogP contribution < -0.4 is 5.73 Å². The number of hydrogen-bond acceptors (Lipinski definition) is 2. The molecule has 0 saturated carbocycles. The molecular formula is C15H19ClFN3. The zero-order chi connectivity index (χ0) is 14.7. The van der Waals surface area contributed by atoms with Gasteiger partial charge in [0.15, 0.2) is 0 Å².